The summed E-state index contributed by atoms with van der Waals surface area (Å²) in [5, 5.41) is 2.90. The van der Waals surface area contributed by atoms with Gasteiger partial charge in [0.1, 0.15) is 11.6 Å². The lowest BCUT2D eigenvalue weighted by Crippen LogP contribution is -2.37. The third-order valence-electron chi connectivity index (χ3n) is 4.63. The fraction of sp³-hybridized carbons (Fsp3) is 0.529. The van der Waals surface area contributed by atoms with Crippen LogP contribution in [0.25, 0.3) is 0 Å². The first-order valence-corrected chi connectivity index (χ1v) is 8.41. The van der Waals surface area contributed by atoms with Gasteiger partial charge in [-0.3, -0.25) is 9.59 Å². The monoisotopic (exact) mass is 355 g/mol. The SMILES string of the molecule is CCOC(=O)[C@H]1[C@@H]2CC(NC(=O)COc3ccc(Cl)c(F)c3)C[C@@H]21. The van der Waals surface area contributed by atoms with Crippen LogP contribution in [0.1, 0.15) is 19.8 Å². The minimum Gasteiger partial charge on any atom is -0.484 e. The van der Waals surface area contributed by atoms with Crippen LogP contribution < -0.4 is 10.1 Å². The van der Waals surface area contributed by atoms with E-state index in [0.29, 0.717) is 18.4 Å². The lowest BCUT2D eigenvalue weighted by Gasteiger charge is -2.16. The lowest BCUT2D eigenvalue weighted by atomic mass is 10.1. The summed E-state index contributed by atoms with van der Waals surface area (Å²) in [6, 6.07) is 4.09. The average Bonchev–Trinajstić information content (AvgIpc) is 3.05. The third-order valence-corrected chi connectivity index (χ3v) is 4.94. The number of carbonyl (C=O) groups is 2. The van der Waals surface area contributed by atoms with E-state index in [9.17, 15) is 14.0 Å². The zero-order valence-corrected chi connectivity index (χ0v) is 14.0. The minimum atomic E-state index is -0.588. The Kier molecular flexibility index (Phi) is 4.94. The Morgan fingerprint density at radius 1 is 1.33 bits per heavy atom. The molecule has 4 atom stereocenters. The molecule has 0 spiro atoms. The van der Waals surface area contributed by atoms with Crippen molar-refractivity contribution in [2.45, 2.75) is 25.8 Å². The number of halogens is 2. The van der Waals surface area contributed by atoms with Crippen LogP contribution in [0.4, 0.5) is 4.39 Å². The van der Waals surface area contributed by atoms with Gasteiger partial charge in [-0.2, -0.15) is 0 Å². The molecule has 7 heteroatoms. The molecule has 1 aromatic carbocycles. The van der Waals surface area contributed by atoms with Crippen molar-refractivity contribution in [3.8, 4) is 5.75 Å². The topological polar surface area (TPSA) is 64.6 Å². The summed E-state index contributed by atoms with van der Waals surface area (Å²) in [6.07, 6.45) is 1.57. The van der Waals surface area contributed by atoms with E-state index in [1.165, 1.54) is 12.1 Å². The molecule has 2 fully saturated rings. The number of benzene rings is 1. The standard InChI is InChI=1S/C17H19ClFNO4/c1-2-23-17(22)16-11-5-9(6-12(11)16)20-15(21)8-24-10-3-4-13(18)14(19)7-10/h3-4,7,9,11-12,16H,2,5-6,8H2,1H3,(H,20,21)/t9?,11-,12+,16+. The molecular formula is C17H19ClFNO4. The molecule has 2 saturated carbocycles. The first-order valence-electron chi connectivity index (χ1n) is 8.03. The molecule has 0 aliphatic heterocycles. The molecule has 1 N–H and O–H groups in total. The quantitative estimate of drug-likeness (QED) is 0.796. The highest BCUT2D eigenvalue weighted by Crippen LogP contribution is 2.57. The summed E-state index contributed by atoms with van der Waals surface area (Å²) in [4.78, 5) is 23.6. The normalized spacial score (nSPS) is 27.3. The minimum absolute atomic E-state index is 0.00592. The first kappa shape index (κ1) is 17.0. The molecule has 0 aromatic heterocycles. The van der Waals surface area contributed by atoms with Crippen molar-refractivity contribution < 1.29 is 23.5 Å². The van der Waals surface area contributed by atoms with Crippen molar-refractivity contribution in [2.75, 3.05) is 13.2 Å². The first-order chi connectivity index (χ1) is 11.5. The third kappa shape index (κ3) is 3.64. The highest BCUT2D eigenvalue weighted by Gasteiger charge is 2.60. The molecule has 1 aromatic rings. The van der Waals surface area contributed by atoms with Gasteiger partial charge in [-0.05, 0) is 43.7 Å². The second-order valence-corrected chi connectivity index (χ2v) is 6.61. The molecule has 0 radical (unpaired) electrons. The number of fused-ring (bicyclic) bond motifs is 1. The summed E-state index contributed by atoms with van der Waals surface area (Å²) in [5.74, 6) is -0.0680. The van der Waals surface area contributed by atoms with Crippen LogP contribution in [-0.4, -0.2) is 31.1 Å². The summed E-state index contributed by atoms with van der Waals surface area (Å²) >= 11 is 5.59. The lowest BCUT2D eigenvalue weighted by molar-refractivity contribution is -0.145. The van der Waals surface area contributed by atoms with Crippen LogP contribution in [0.5, 0.6) is 5.75 Å². The van der Waals surface area contributed by atoms with E-state index in [1.54, 1.807) is 6.92 Å². The average molecular weight is 356 g/mol. The van der Waals surface area contributed by atoms with Crippen LogP contribution in [0.15, 0.2) is 18.2 Å². The van der Waals surface area contributed by atoms with Crippen molar-refractivity contribution in [1.82, 2.24) is 5.32 Å². The van der Waals surface area contributed by atoms with E-state index < -0.39 is 5.82 Å². The molecule has 0 bridgehead atoms. The van der Waals surface area contributed by atoms with E-state index >= 15 is 0 Å². The Morgan fingerprint density at radius 2 is 2.04 bits per heavy atom. The second-order valence-electron chi connectivity index (χ2n) is 6.21. The van der Waals surface area contributed by atoms with Crippen LogP contribution in [0.2, 0.25) is 5.02 Å². The summed E-state index contributed by atoms with van der Waals surface area (Å²) < 4.78 is 23.6. The van der Waals surface area contributed by atoms with Gasteiger partial charge >= 0.3 is 5.97 Å². The number of hydrogen-bond donors (Lipinski definition) is 1. The van der Waals surface area contributed by atoms with Crippen LogP contribution in [0, 0.1) is 23.6 Å². The molecule has 130 valence electrons. The molecule has 0 heterocycles. The van der Waals surface area contributed by atoms with Crippen LogP contribution >= 0.6 is 11.6 Å². The molecule has 24 heavy (non-hydrogen) atoms. The predicted molar refractivity (Wildman–Crippen MR) is 85.2 cm³/mol. The van der Waals surface area contributed by atoms with E-state index in [-0.39, 0.29) is 41.2 Å². The van der Waals surface area contributed by atoms with E-state index in [2.05, 4.69) is 5.32 Å². The Morgan fingerprint density at radius 3 is 2.67 bits per heavy atom. The van der Waals surface area contributed by atoms with Gasteiger partial charge in [0.05, 0.1) is 17.5 Å². The van der Waals surface area contributed by atoms with Crippen LogP contribution in [0.3, 0.4) is 0 Å². The predicted octanol–water partition coefficient (Wildman–Crippen LogP) is 2.56. The second kappa shape index (κ2) is 6.97. The highest BCUT2D eigenvalue weighted by atomic mass is 35.5. The molecule has 2 aliphatic rings. The smallest absolute Gasteiger partial charge is 0.309 e. The Balaban J connectivity index is 1.40. The Hall–Kier alpha value is -1.82. The molecule has 5 nitrogen and oxygen atoms in total. The number of carbonyl (C=O) groups excluding carboxylic acids is 2. The van der Waals surface area contributed by atoms with Gasteiger partial charge in [-0.25, -0.2) is 4.39 Å². The van der Waals surface area contributed by atoms with Crippen molar-refractivity contribution in [3.63, 3.8) is 0 Å². The molecule has 1 unspecified atom stereocenters. The van der Waals surface area contributed by atoms with Crippen molar-refractivity contribution in [3.05, 3.63) is 29.0 Å². The number of rotatable bonds is 6. The van der Waals surface area contributed by atoms with Crippen molar-refractivity contribution in [2.24, 2.45) is 17.8 Å². The number of nitrogens with one attached hydrogen (secondary N) is 1. The van der Waals surface area contributed by atoms with Crippen molar-refractivity contribution >= 4 is 23.5 Å². The maximum absolute atomic E-state index is 13.3. The zero-order chi connectivity index (χ0) is 17.3. The molecule has 2 aliphatic carbocycles. The van der Waals surface area contributed by atoms with Crippen molar-refractivity contribution in [1.29, 1.82) is 0 Å². The number of amides is 1. The fourth-order valence-corrected chi connectivity index (χ4v) is 3.65. The molecular weight excluding hydrogens is 337 g/mol. The number of esters is 1. The Labute approximate surface area is 144 Å². The van der Waals surface area contributed by atoms with Gasteiger partial charge in [-0.15, -0.1) is 0 Å². The van der Waals surface area contributed by atoms with E-state index in [1.807, 2.05) is 0 Å². The molecule has 1 amide bonds. The molecule has 3 rings (SSSR count). The largest absolute Gasteiger partial charge is 0.484 e. The van der Waals surface area contributed by atoms with Gasteiger partial charge in [0, 0.05) is 12.1 Å². The fourth-order valence-electron chi connectivity index (χ4n) is 3.53. The van der Waals surface area contributed by atoms with Gasteiger partial charge in [0.15, 0.2) is 6.61 Å². The van der Waals surface area contributed by atoms with Gasteiger partial charge in [0.25, 0.3) is 5.91 Å². The number of ether oxygens (including phenoxy) is 2. The molecule has 0 saturated heterocycles. The van der Waals surface area contributed by atoms with E-state index in [0.717, 1.165) is 18.9 Å². The maximum Gasteiger partial charge on any atom is 0.309 e. The zero-order valence-electron chi connectivity index (χ0n) is 13.3. The van der Waals surface area contributed by atoms with E-state index in [4.69, 9.17) is 21.1 Å². The number of hydrogen-bond acceptors (Lipinski definition) is 4. The summed E-state index contributed by atoms with van der Waals surface area (Å²) in [7, 11) is 0. The van der Waals surface area contributed by atoms with Gasteiger partial charge < -0.3 is 14.8 Å². The summed E-state index contributed by atoms with van der Waals surface area (Å²) in [6.45, 7) is 2.01. The van der Waals surface area contributed by atoms with Gasteiger partial charge in [0.2, 0.25) is 0 Å². The maximum atomic E-state index is 13.3. The highest BCUT2D eigenvalue weighted by molar-refractivity contribution is 6.30. The Bertz CT molecular complexity index is 641. The van der Waals surface area contributed by atoms with Crippen LogP contribution in [-0.2, 0) is 14.3 Å². The van der Waals surface area contributed by atoms with Gasteiger partial charge in [-0.1, -0.05) is 11.6 Å². The summed E-state index contributed by atoms with van der Waals surface area (Å²) in [5.41, 5.74) is 0.